The largest absolute Gasteiger partial charge is 0.480 e. The van der Waals surface area contributed by atoms with E-state index in [1.54, 1.807) is 6.20 Å². The highest BCUT2D eigenvalue weighted by Gasteiger charge is 2.29. The quantitative estimate of drug-likeness (QED) is 0.809. The van der Waals surface area contributed by atoms with Gasteiger partial charge in [0.15, 0.2) is 0 Å². The van der Waals surface area contributed by atoms with Crippen molar-refractivity contribution in [3.63, 3.8) is 0 Å². The molecular formula is C22H22N2O4. The molecule has 1 aliphatic rings. The highest BCUT2D eigenvalue weighted by atomic mass is 16.4. The summed E-state index contributed by atoms with van der Waals surface area (Å²) in [5.74, 6) is -1.68. The second-order valence-corrected chi connectivity index (χ2v) is 6.74. The van der Waals surface area contributed by atoms with Crippen LogP contribution in [0.2, 0.25) is 0 Å². The summed E-state index contributed by atoms with van der Waals surface area (Å²) < 4.78 is 0. The Morgan fingerprint density at radius 3 is 2.43 bits per heavy atom. The summed E-state index contributed by atoms with van der Waals surface area (Å²) in [6, 6.07) is 15.2. The van der Waals surface area contributed by atoms with Gasteiger partial charge in [-0.1, -0.05) is 54.6 Å². The molecule has 28 heavy (non-hydrogen) atoms. The van der Waals surface area contributed by atoms with Crippen LogP contribution in [-0.2, 0) is 20.8 Å². The third-order valence-electron chi connectivity index (χ3n) is 4.76. The maximum absolute atomic E-state index is 12.7. The molecule has 6 nitrogen and oxygen atoms in total. The number of benzene rings is 2. The average molecular weight is 378 g/mol. The van der Waals surface area contributed by atoms with E-state index in [2.05, 4.69) is 5.32 Å². The van der Waals surface area contributed by atoms with E-state index < -0.39 is 24.0 Å². The van der Waals surface area contributed by atoms with Crippen LogP contribution in [0.5, 0.6) is 0 Å². The molecule has 0 fully saturated rings. The number of amides is 2. The lowest BCUT2D eigenvalue weighted by Crippen LogP contribution is -2.44. The summed E-state index contributed by atoms with van der Waals surface area (Å²) in [6.07, 6.45) is 3.68. The maximum atomic E-state index is 12.7. The third kappa shape index (κ3) is 4.46. The number of carboxylic acid groups (broad SMARTS) is 1. The first-order chi connectivity index (χ1) is 13.5. The van der Waals surface area contributed by atoms with Gasteiger partial charge in [0.1, 0.15) is 6.04 Å². The van der Waals surface area contributed by atoms with Gasteiger partial charge in [-0.05, 0) is 22.8 Å². The monoisotopic (exact) mass is 378 g/mol. The maximum Gasteiger partial charge on any atom is 0.326 e. The van der Waals surface area contributed by atoms with Crippen molar-refractivity contribution in [1.29, 1.82) is 0 Å². The first kappa shape index (κ1) is 19.4. The molecule has 0 spiro atoms. The molecule has 0 bridgehead atoms. The van der Waals surface area contributed by atoms with Crippen LogP contribution in [0, 0.1) is 0 Å². The summed E-state index contributed by atoms with van der Waals surface area (Å²) in [6.45, 7) is 1.44. The second-order valence-electron chi connectivity index (χ2n) is 6.74. The van der Waals surface area contributed by atoms with Crippen LogP contribution < -0.4 is 5.32 Å². The Morgan fingerprint density at radius 2 is 1.75 bits per heavy atom. The Balaban J connectivity index is 1.75. The summed E-state index contributed by atoms with van der Waals surface area (Å²) in [4.78, 5) is 37.8. The van der Waals surface area contributed by atoms with E-state index in [-0.39, 0.29) is 18.7 Å². The van der Waals surface area contributed by atoms with Crippen molar-refractivity contribution in [3.05, 3.63) is 77.5 Å². The zero-order valence-electron chi connectivity index (χ0n) is 15.5. The van der Waals surface area contributed by atoms with Gasteiger partial charge in [0, 0.05) is 19.5 Å². The smallest absolute Gasteiger partial charge is 0.326 e. The van der Waals surface area contributed by atoms with E-state index in [0.717, 1.165) is 16.7 Å². The first-order valence-electron chi connectivity index (χ1n) is 9.08. The number of carboxylic acids is 1. The molecule has 0 aromatic heterocycles. The lowest BCUT2D eigenvalue weighted by Gasteiger charge is -2.32. The number of rotatable bonds is 6. The van der Waals surface area contributed by atoms with E-state index in [4.69, 9.17) is 0 Å². The van der Waals surface area contributed by atoms with Crippen LogP contribution in [0.15, 0.2) is 60.8 Å². The lowest BCUT2D eigenvalue weighted by molar-refractivity contribution is -0.142. The summed E-state index contributed by atoms with van der Waals surface area (Å²) in [7, 11) is 0. The predicted octanol–water partition coefficient (Wildman–Crippen LogP) is 2.76. The minimum absolute atomic E-state index is 0.0144. The SMILES string of the molecule is CC(=O)N1C=Cc2ccccc2[C@@H]1CC(=O)N[C@H](Cc1ccccc1)C(=O)O. The number of nitrogens with one attached hydrogen (secondary N) is 1. The molecule has 6 heteroatoms. The standard InChI is InChI=1S/C22H22N2O4/c1-15(25)24-12-11-17-9-5-6-10-18(17)20(24)14-21(26)23-19(22(27)28)13-16-7-3-2-4-8-16/h2-12,19-20H,13-14H2,1H3,(H,23,26)(H,27,28)/t19-,20+/m1/s1. The van der Waals surface area contributed by atoms with Gasteiger partial charge < -0.3 is 15.3 Å². The Labute approximate surface area is 163 Å². The van der Waals surface area contributed by atoms with Gasteiger partial charge in [-0.15, -0.1) is 0 Å². The lowest BCUT2D eigenvalue weighted by atomic mass is 9.93. The predicted molar refractivity (Wildman–Crippen MR) is 105 cm³/mol. The van der Waals surface area contributed by atoms with Crippen molar-refractivity contribution in [2.45, 2.75) is 31.8 Å². The number of nitrogens with zero attached hydrogens (tertiary/aromatic N) is 1. The Kier molecular flexibility index (Phi) is 5.89. The fraction of sp³-hybridized carbons (Fsp3) is 0.227. The van der Waals surface area contributed by atoms with E-state index >= 15 is 0 Å². The van der Waals surface area contributed by atoms with Crippen molar-refractivity contribution in [3.8, 4) is 0 Å². The molecule has 0 radical (unpaired) electrons. The van der Waals surface area contributed by atoms with Gasteiger partial charge in [-0.25, -0.2) is 4.79 Å². The van der Waals surface area contributed by atoms with Crippen LogP contribution in [0.4, 0.5) is 0 Å². The molecule has 144 valence electrons. The molecule has 2 aromatic carbocycles. The fourth-order valence-corrected chi connectivity index (χ4v) is 3.39. The number of carbonyl (C=O) groups is 3. The summed E-state index contributed by atoms with van der Waals surface area (Å²) in [5.41, 5.74) is 2.63. The molecule has 2 N–H and O–H groups in total. The van der Waals surface area contributed by atoms with Crippen LogP contribution in [0.1, 0.15) is 36.1 Å². The molecule has 0 aliphatic carbocycles. The van der Waals surface area contributed by atoms with E-state index in [1.807, 2.05) is 60.7 Å². The van der Waals surface area contributed by atoms with E-state index in [0.29, 0.717) is 0 Å². The van der Waals surface area contributed by atoms with Gasteiger partial charge in [0.05, 0.1) is 12.5 Å². The molecule has 2 amide bonds. The minimum Gasteiger partial charge on any atom is -0.480 e. The van der Waals surface area contributed by atoms with Gasteiger partial charge in [-0.3, -0.25) is 9.59 Å². The highest BCUT2D eigenvalue weighted by Crippen LogP contribution is 2.32. The Hall–Kier alpha value is -3.41. The molecule has 0 saturated heterocycles. The highest BCUT2D eigenvalue weighted by molar-refractivity contribution is 5.85. The van der Waals surface area contributed by atoms with Crippen molar-refractivity contribution in [2.75, 3.05) is 0 Å². The molecule has 0 unspecified atom stereocenters. The molecule has 2 aromatic rings. The Bertz CT molecular complexity index is 908. The number of hydrogen-bond acceptors (Lipinski definition) is 3. The van der Waals surface area contributed by atoms with E-state index in [1.165, 1.54) is 11.8 Å². The van der Waals surface area contributed by atoms with E-state index in [9.17, 15) is 19.5 Å². The van der Waals surface area contributed by atoms with Gasteiger partial charge in [0.2, 0.25) is 11.8 Å². The average Bonchev–Trinajstić information content (AvgIpc) is 2.68. The normalized spacial score (nSPS) is 16.2. The van der Waals surface area contributed by atoms with Crippen molar-refractivity contribution in [1.82, 2.24) is 10.2 Å². The fourth-order valence-electron chi connectivity index (χ4n) is 3.39. The number of hydrogen-bond donors (Lipinski definition) is 2. The van der Waals surface area contributed by atoms with Crippen molar-refractivity contribution in [2.24, 2.45) is 0 Å². The molecule has 1 aliphatic heterocycles. The van der Waals surface area contributed by atoms with Crippen LogP contribution in [0.25, 0.3) is 6.08 Å². The topological polar surface area (TPSA) is 86.7 Å². The zero-order valence-corrected chi connectivity index (χ0v) is 15.5. The van der Waals surface area contributed by atoms with Gasteiger partial charge in [-0.2, -0.15) is 0 Å². The zero-order chi connectivity index (χ0) is 20.1. The van der Waals surface area contributed by atoms with Crippen LogP contribution in [-0.4, -0.2) is 33.8 Å². The number of fused-ring (bicyclic) bond motifs is 1. The molecule has 1 heterocycles. The first-order valence-corrected chi connectivity index (χ1v) is 9.08. The third-order valence-corrected chi connectivity index (χ3v) is 4.76. The summed E-state index contributed by atoms with van der Waals surface area (Å²) in [5, 5.41) is 12.1. The molecular weight excluding hydrogens is 356 g/mol. The second kappa shape index (κ2) is 8.52. The van der Waals surface area contributed by atoms with Crippen LogP contribution in [0.3, 0.4) is 0 Å². The van der Waals surface area contributed by atoms with Gasteiger partial charge in [0.25, 0.3) is 0 Å². The minimum atomic E-state index is -1.09. The van der Waals surface area contributed by atoms with Gasteiger partial charge >= 0.3 is 5.97 Å². The van der Waals surface area contributed by atoms with Crippen molar-refractivity contribution >= 4 is 23.9 Å². The van der Waals surface area contributed by atoms with Crippen molar-refractivity contribution < 1.29 is 19.5 Å². The molecule has 3 rings (SSSR count). The van der Waals surface area contributed by atoms with Crippen LogP contribution >= 0.6 is 0 Å². The summed E-state index contributed by atoms with van der Waals surface area (Å²) >= 11 is 0. The number of aliphatic carboxylic acids is 1. The molecule has 0 saturated carbocycles. The molecule has 2 atom stereocenters. The number of carbonyl (C=O) groups excluding carboxylic acids is 2. The Morgan fingerprint density at radius 1 is 1.07 bits per heavy atom.